The summed E-state index contributed by atoms with van der Waals surface area (Å²) in [7, 11) is 3.71. The van der Waals surface area contributed by atoms with Crippen LogP contribution in [0.3, 0.4) is 0 Å². The predicted molar refractivity (Wildman–Crippen MR) is 91.3 cm³/mol. The van der Waals surface area contributed by atoms with Gasteiger partial charge in [0, 0.05) is 31.9 Å². The van der Waals surface area contributed by atoms with Crippen molar-refractivity contribution >= 4 is 5.91 Å². The Labute approximate surface area is 140 Å². The van der Waals surface area contributed by atoms with Crippen molar-refractivity contribution < 1.29 is 9.53 Å². The van der Waals surface area contributed by atoms with Crippen molar-refractivity contribution in [1.29, 1.82) is 0 Å². The van der Waals surface area contributed by atoms with E-state index in [-0.39, 0.29) is 17.5 Å². The van der Waals surface area contributed by atoms with Crippen LogP contribution in [0, 0.1) is 0 Å². The first kappa shape index (κ1) is 16.3. The number of aromatic amines is 1. The molecular formula is C18H21N3O3. The summed E-state index contributed by atoms with van der Waals surface area (Å²) in [5, 5.41) is 0. The number of benzene rings is 1. The van der Waals surface area contributed by atoms with Crippen LogP contribution in [-0.2, 0) is 0 Å². The zero-order chi connectivity index (χ0) is 17.1. The molecule has 3 rings (SSSR count). The monoisotopic (exact) mass is 327 g/mol. The van der Waals surface area contributed by atoms with Crippen LogP contribution in [0.15, 0.2) is 47.4 Å². The van der Waals surface area contributed by atoms with Crippen molar-refractivity contribution in [2.45, 2.75) is 6.04 Å². The van der Waals surface area contributed by atoms with E-state index in [1.54, 1.807) is 13.2 Å². The normalized spacial score (nSPS) is 18.4. The quantitative estimate of drug-likeness (QED) is 0.928. The second kappa shape index (κ2) is 6.88. The number of hydrogen-bond donors (Lipinski definition) is 1. The SMILES string of the molecule is COc1cccc(C2CN(C(=O)c3ccc(=O)[nH]c3)CCN2C)c1. The molecule has 0 saturated carbocycles. The van der Waals surface area contributed by atoms with Gasteiger partial charge in [0.15, 0.2) is 0 Å². The summed E-state index contributed by atoms with van der Waals surface area (Å²) < 4.78 is 5.30. The molecule has 0 aliphatic carbocycles. The first-order valence-electron chi connectivity index (χ1n) is 7.90. The molecule has 1 N–H and O–H groups in total. The highest BCUT2D eigenvalue weighted by Gasteiger charge is 2.29. The summed E-state index contributed by atoms with van der Waals surface area (Å²) in [6, 6.07) is 11.0. The highest BCUT2D eigenvalue weighted by Crippen LogP contribution is 2.27. The minimum Gasteiger partial charge on any atom is -0.497 e. The van der Waals surface area contributed by atoms with E-state index >= 15 is 0 Å². The van der Waals surface area contributed by atoms with Crippen molar-refractivity contribution in [3.63, 3.8) is 0 Å². The number of pyridine rings is 1. The standard InChI is InChI=1S/C18H21N3O3/c1-20-8-9-21(18(23)14-6-7-17(22)19-11-14)12-16(20)13-4-3-5-15(10-13)24-2/h3-7,10-11,16H,8-9,12H2,1-2H3,(H,19,22). The lowest BCUT2D eigenvalue weighted by molar-refractivity contribution is 0.0545. The fraction of sp³-hybridized carbons (Fsp3) is 0.333. The fourth-order valence-electron chi connectivity index (χ4n) is 2.99. The number of ether oxygens (including phenoxy) is 1. The van der Waals surface area contributed by atoms with E-state index in [2.05, 4.69) is 23.0 Å². The fourth-order valence-corrected chi connectivity index (χ4v) is 2.99. The number of rotatable bonds is 3. The van der Waals surface area contributed by atoms with Crippen LogP contribution >= 0.6 is 0 Å². The molecule has 0 spiro atoms. The number of nitrogens with zero attached hydrogens (tertiary/aromatic N) is 2. The number of piperazine rings is 1. The zero-order valence-corrected chi connectivity index (χ0v) is 13.9. The molecule has 126 valence electrons. The van der Waals surface area contributed by atoms with Crippen molar-refractivity contribution in [3.05, 3.63) is 64.1 Å². The number of nitrogens with one attached hydrogen (secondary N) is 1. The van der Waals surface area contributed by atoms with Gasteiger partial charge in [0.2, 0.25) is 5.56 Å². The third-order valence-electron chi connectivity index (χ3n) is 4.44. The van der Waals surface area contributed by atoms with E-state index in [0.29, 0.717) is 18.7 Å². The molecule has 2 aromatic rings. The van der Waals surface area contributed by atoms with Crippen LogP contribution in [0.1, 0.15) is 22.0 Å². The summed E-state index contributed by atoms with van der Waals surface area (Å²) in [6.45, 7) is 2.05. The highest BCUT2D eigenvalue weighted by molar-refractivity contribution is 5.94. The van der Waals surface area contributed by atoms with Crippen LogP contribution in [0.4, 0.5) is 0 Å². The molecule has 1 amide bonds. The average Bonchev–Trinajstić information content (AvgIpc) is 2.62. The molecule has 1 atom stereocenters. The van der Waals surface area contributed by atoms with Gasteiger partial charge in [-0.05, 0) is 30.8 Å². The lowest BCUT2D eigenvalue weighted by Gasteiger charge is -2.39. The molecule has 6 nitrogen and oxygen atoms in total. The smallest absolute Gasteiger partial charge is 0.255 e. The number of aromatic nitrogens is 1. The Kier molecular flexibility index (Phi) is 4.66. The maximum atomic E-state index is 12.7. The number of likely N-dealkylation sites (N-methyl/N-ethyl adjacent to an activating group) is 1. The van der Waals surface area contributed by atoms with Crippen LogP contribution in [-0.4, -0.2) is 54.5 Å². The van der Waals surface area contributed by atoms with Gasteiger partial charge in [-0.25, -0.2) is 0 Å². The van der Waals surface area contributed by atoms with Crippen molar-refractivity contribution in [3.8, 4) is 5.75 Å². The summed E-state index contributed by atoms with van der Waals surface area (Å²) in [4.78, 5) is 30.5. The number of carbonyl (C=O) groups excluding carboxylic acids is 1. The largest absolute Gasteiger partial charge is 0.497 e. The molecule has 1 fully saturated rings. The minimum atomic E-state index is -0.209. The molecule has 0 radical (unpaired) electrons. The second-order valence-corrected chi connectivity index (χ2v) is 5.97. The first-order valence-corrected chi connectivity index (χ1v) is 7.90. The highest BCUT2D eigenvalue weighted by atomic mass is 16.5. The number of amides is 1. The molecule has 6 heteroatoms. The summed E-state index contributed by atoms with van der Waals surface area (Å²) in [6.07, 6.45) is 1.48. The lowest BCUT2D eigenvalue weighted by atomic mass is 10.0. The van der Waals surface area contributed by atoms with Gasteiger partial charge in [-0.3, -0.25) is 14.5 Å². The van der Waals surface area contributed by atoms with Gasteiger partial charge in [0.1, 0.15) is 5.75 Å². The first-order chi connectivity index (χ1) is 11.6. The van der Waals surface area contributed by atoms with Gasteiger partial charge in [-0.1, -0.05) is 12.1 Å². The Bertz CT molecular complexity index is 767. The van der Waals surface area contributed by atoms with Crippen LogP contribution in [0.25, 0.3) is 0 Å². The van der Waals surface area contributed by atoms with E-state index in [9.17, 15) is 9.59 Å². The van der Waals surface area contributed by atoms with Gasteiger partial charge in [-0.2, -0.15) is 0 Å². The van der Waals surface area contributed by atoms with Crippen LogP contribution in [0.2, 0.25) is 0 Å². The maximum absolute atomic E-state index is 12.7. The molecule has 1 saturated heterocycles. The Balaban J connectivity index is 1.81. The molecule has 1 unspecified atom stereocenters. The molecule has 1 aliphatic heterocycles. The predicted octanol–water partition coefficient (Wildman–Crippen LogP) is 1.51. The minimum absolute atomic E-state index is 0.0627. The third-order valence-corrected chi connectivity index (χ3v) is 4.44. The lowest BCUT2D eigenvalue weighted by Crippen LogP contribution is -2.49. The third kappa shape index (κ3) is 3.33. The molecule has 0 bridgehead atoms. The number of methoxy groups -OCH3 is 1. The maximum Gasteiger partial charge on any atom is 0.255 e. The van der Waals surface area contributed by atoms with E-state index in [1.807, 2.05) is 23.1 Å². The van der Waals surface area contributed by atoms with Crippen molar-refractivity contribution in [1.82, 2.24) is 14.8 Å². The van der Waals surface area contributed by atoms with Crippen molar-refractivity contribution in [2.75, 3.05) is 33.8 Å². The van der Waals surface area contributed by atoms with Gasteiger partial charge in [-0.15, -0.1) is 0 Å². The Morgan fingerprint density at radius 2 is 2.08 bits per heavy atom. The van der Waals surface area contributed by atoms with Gasteiger partial charge in [0.05, 0.1) is 18.7 Å². The van der Waals surface area contributed by atoms with Crippen molar-refractivity contribution in [2.24, 2.45) is 0 Å². The number of carbonyl (C=O) groups is 1. The molecule has 1 aromatic heterocycles. The topological polar surface area (TPSA) is 65.6 Å². The molecule has 2 heterocycles. The van der Waals surface area contributed by atoms with E-state index in [1.165, 1.54) is 12.3 Å². The van der Waals surface area contributed by atoms with E-state index in [0.717, 1.165) is 17.9 Å². The van der Waals surface area contributed by atoms with Gasteiger partial charge < -0.3 is 14.6 Å². The van der Waals surface area contributed by atoms with E-state index < -0.39 is 0 Å². The molecule has 1 aliphatic rings. The summed E-state index contributed by atoms with van der Waals surface area (Å²) >= 11 is 0. The second-order valence-electron chi connectivity index (χ2n) is 5.97. The molecule has 1 aromatic carbocycles. The molecular weight excluding hydrogens is 306 g/mol. The molecule has 24 heavy (non-hydrogen) atoms. The Morgan fingerprint density at radius 3 is 2.79 bits per heavy atom. The van der Waals surface area contributed by atoms with E-state index in [4.69, 9.17) is 4.74 Å². The van der Waals surface area contributed by atoms with Crippen LogP contribution in [0.5, 0.6) is 5.75 Å². The Hall–Kier alpha value is -2.60. The number of hydrogen-bond acceptors (Lipinski definition) is 4. The van der Waals surface area contributed by atoms with Crippen LogP contribution < -0.4 is 10.3 Å². The summed E-state index contributed by atoms with van der Waals surface area (Å²) in [5.41, 5.74) is 1.42. The number of H-pyrrole nitrogens is 1. The average molecular weight is 327 g/mol. The summed E-state index contributed by atoms with van der Waals surface area (Å²) in [5.74, 6) is 0.747. The zero-order valence-electron chi connectivity index (χ0n) is 13.9. The van der Waals surface area contributed by atoms with Gasteiger partial charge >= 0.3 is 0 Å². The Morgan fingerprint density at radius 1 is 1.25 bits per heavy atom. The van der Waals surface area contributed by atoms with Gasteiger partial charge in [0.25, 0.3) is 5.91 Å².